The summed E-state index contributed by atoms with van der Waals surface area (Å²) < 4.78 is 5.42. The molecule has 6 heteroatoms. The average molecular weight is 292 g/mol. The maximum Gasteiger partial charge on any atom is 0.323 e. The Balaban J connectivity index is 1.80. The SMILES string of the molecule is O=C(O)CN(C(=O)NCCOCC1CC1)c1ccccc1. The molecule has 0 aliphatic heterocycles. The van der Waals surface area contributed by atoms with Crippen molar-refractivity contribution in [2.75, 3.05) is 31.2 Å². The van der Waals surface area contributed by atoms with Crippen LogP contribution in [-0.4, -0.2) is 43.4 Å². The van der Waals surface area contributed by atoms with Crippen LogP contribution in [0.2, 0.25) is 0 Å². The van der Waals surface area contributed by atoms with E-state index in [0.29, 0.717) is 24.8 Å². The van der Waals surface area contributed by atoms with Crippen LogP contribution in [0.3, 0.4) is 0 Å². The molecule has 2 N–H and O–H groups in total. The first kappa shape index (κ1) is 15.3. The number of nitrogens with one attached hydrogen (secondary N) is 1. The van der Waals surface area contributed by atoms with Gasteiger partial charge in [-0.25, -0.2) is 4.79 Å². The lowest BCUT2D eigenvalue weighted by molar-refractivity contribution is -0.135. The van der Waals surface area contributed by atoms with E-state index >= 15 is 0 Å². The fourth-order valence-electron chi connectivity index (χ4n) is 1.88. The number of carbonyl (C=O) groups excluding carboxylic acids is 1. The Morgan fingerprint density at radius 2 is 2.00 bits per heavy atom. The number of carboxylic acids is 1. The standard InChI is InChI=1S/C15H20N2O4/c18-14(19)10-17(13-4-2-1-3-5-13)15(20)16-8-9-21-11-12-6-7-12/h1-5,12H,6-11H2,(H,16,20)(H,18,19). The van der Waals surface area contributed by atoms with Gasteiger partial charge in [0.05, 0.1) is 6.61 Å². The van der Waals surface area contributed by atoms with Gasteiger partial charge in [-0.05, 0) is 30.9 Å². The van der Waals surface area contributed by atoms with Gasteiger partial charge in [0.15, 0.2) is 0 Å². The molecule has 0 atom stereocenters. The van der Waals surface area contributed by atoms with Crippen molar-refractivity contribution in [3.05, 3.63) is 30.3 Å². The molecule has 2 rings (SSSR count). The van der Waals surface area contributed by atoms with E-state index in [-0.39, 0.29) is 6.54 Å². The number of aliphatic carboxylic acids is 1. The Bertz CT molecular complexity index is 474. The molecular weight excluding hydrogens is 272 g/mol. The van der Waals surface area contributed by atoms with Crippen molar-refractivity contribution in [3.63, 3.8) is 0 Å². The molecule has 0 saturated heterocycles. The molecule has 0 unspecified atom stereocenters. The number of carboxylic acid groups (broad SMARTS) is 1. The Kier molecular flexibility index (Phi) is 5.57. The maximum atomic E-state index is 12.1. The lowest BCUT2D eigenvalue weighted by atomic mass is 10.3. The molecule has 114 valence electrons. The number of amides is 2. The predicted octanol–water partition coefficient (Wildman–Crippen LogP) is 1.71. The molecule has 0 spiro atoms. The smallest absolute Gasteiger partial charge is 0.323 e. The minimum Gasteiger partial charge on any atom is -0.480 e. The number of nitrogens with zero attached hydrogens (tertiary/aromatic N) is 1. The van der Waals surface area contributed by atoms with Gasteiger partial charge in [0.1, 0.15) is 6.54 Å². The molecule has 21 heavy (non-hydrogen) atoms. The topological polar surface area (TPSA) is 78.9 Å². The van der Waals surface area contributed by atoms with Crippen molar-refractivity contribution >= 4 is 17.7 Å². The molecule has 1 fully saturated rings. The van der Waals surface area contributed by atoms with Crippen molar-refractivity contribution < 1.29 is 19.4 Å². The molecule has 6 nitrogen and oxygen atoms in total. The summed E-state index contributed by atoms with van der Waals surface area (Å²) in [5, 5.41) is 11.6. The highest BCUT2D eigenvalue weighted by molar-refractivity contribution is 5.96. The molecule has 1 aliphatic carbocycles. The first-order valence-corrected chi connectivity index (χ1v) is 7.07. The number of para-hydroxylation sites is 1. The lowest BCUT2D eigenvalue weighted by Gasteiger charge is -2.21. The first-order valence-electron chi connectivity index (χ1n) is 7.07. The minimum atomic E-state index is -1.06. The zero-order valence-corrected chi connectivity index (χ0v) is 11.8. The Morgan fingerprint density at radius 3 is 2.62 bits per heavy atom. The monoisotopic (exact) mass is 292 g/mol. The van der Waals surface area contributed by atoms with Crippen LogP contribution < -0.4 is 10.2 Å². The molecule has 0 bridgehead atoms. The summed E-state index contributed by atoms with van der Waals surface area (Å²) in [6.07, 6.45) is 2.46. The van der Waals surface area contributed by atoms with E-state index in [2.05, 4.69) is 5.32 Å². The number of rotatable bonds is 8. The highest BCUT2D eigenvalue weighted by atomic mass is 16.5. The van der Waals surface area contributed by atoms with Crippen molar-refractivity contribution in [1.29, 1.82) is 0 Å². The largest absolute Gasteiger partial charge is 0.480 e. The van der Waals surface area contributed by atoms with Crippen molar-refractivity contribution in [1.82, 2.24) is 5.32 Å². The Hall–Kier alpha value is -2.08. The summed E-state index contributed by atoms with van der Waals surface area (Å²) in [6.45, 7) is 1.18. The third kappa shape index (κ3) is 5.43. The summed E-state index contributed by atoms with van der Waals surface area (Å²) in [6, 6.07) is 8.30. The fourth-order valence-corrected chi connectivity index (χ4v) is 1.88. The Labute approximate surface area is 123 Å². The van der Waals surface area contributed by atoms with Crippen LogP contribution in [0.4, 0.5) is 10.5 Å². The van der Waals surface area contributed by atoms with E-state index in [9.17, 15) is 9.59 Å². The molecule has 1 aromatic carbocycles. The summed E-state index contributed by atoms with van der Waals surface area (Å²) in [5.74, 6) is -0.368. The van der Waals surface area contributed by atoms with Crippen LogP contribution in [0.5, 0.6) is 0 Å². The third-order valence-electron chi connectivity index (χ3n) is 3.18. The first-order chi connectivity index (χ1) is 10.2. The summed E-state index contributed by atoms with van der Waals surface area (Å²) in [4.78, 5) is 24.2. The number of benzene rings is 1. The van der Waals surface area contributed by atoms with Crippen LogP contribution in [0.25, 0.3) is 0 Å². The number of hydrogen-bond donors (Lipinski definition) is 2. The van der Waals surface area contributed by atoms with Crippen LogP contribution >= 0.6 is 0 Å². The van der Waals surface area contributed by atoms with Crippen molar-refractivity contribution in [2.45, 2.75) is 12.8 Å². The number of urea groups is 1. The van der Waals surface area contributed by atoms with Crippen LogP contribution in [-0.2, 0) is 9.53 Å². The van der Waals surface area contributed by atoms with E-state index in [1.807, 2.05) is 6.07 Å². The van der Waals surface area contributed by atoms with Crippen molar-refractivity contribution in [3.8, 4) is 0 Å². The van der Waals surface area contributed by atoms with Gasteiger partial charge in [-0.1, -0.05) is 18.2 Å². The lowest BCUT2D eigenvalue weighted by Crippen LogP contribution is -2.44. The van der Waals surface area contributed by atoms with Gasteiger partial charge in [-0.3, -0.25) is 9.69 Å². The van der Waals surface area contributed by atoms with E-state index in [4.69, 9.17) is 9.84 Å². The average Bonchev–Trinajstić information content (AvgIpc) is 3.29. The van der Waals surface area contributed by atoms with Gasteiger partial charge in [0, 0.05) is 18.8 Å². The molecule has 0 heterocycles. The Morgan fingerprint density at radius 1 is 1.29 bits per heavy atom. The molecule has 1 aliphatic rings. The molecule has 1 aromatic rings. The van der Waals surface area contributed by atoms with Crippen molar-refractivity contribution in [2.24, 2.45) is 5.92 Å². The van der Waals surface area contributed by atoms with E-state index in [1.54, 1.807) is 24.3 Å². The van der Waals surface area contributed by atoms with Gasteiger partial charge in [0.25, 0.3) is 0 Å². The molecule has 0 aromatic heterocycles. The van der Waals surface area contributed by atoms with Crippen LogP contribution in [0, 0.1) is 5.92 Å². The van der Waals surface area contributed by atoms with E-state index < -0.39 is 12.0 Å². The number of ether oxygens (including phenoxy) is 1. The molecule has 1 saturated carbocycles. The highest BCUT2D eigenvalue weighted by Crippen LogP contribution is 2.28. The third-order valence-corrected chi connectivity index (χ3v) is 3.18. The molecular formula is C15H20N2O4. The second kappa shape index (κ2) is 7.64. The van der Waals surface area contributed by atoms with Gasteiger partial charge >= 0.3 is 12.0 Å². The van der Waals surface area contributed by atoms with Gasteiger partial charge < -0.3 is 15.2 Å². The van der Waals surface area contributed by atoms with Gasteiger partial charge in [0.2, 0.25) is 0 Å². The van der Waals surface area contributed by atoms with E-state index in [0.717, 1.165) is 6.61 Å². The maximum absolute atomic E-state index is 12.1. The molecule has 2 amide bonds. The zero-order valence-electron chi connectivity index (χ0n) is 11.8. The van der Waals surface area contributed by atoms with Crippen LogP contribution in [0.15, 0.2) is 30.3 Å². The predicted molar refractivity (Wildman–Crippen MR) is 78.4 cm³/mol. The van der Waals surface area contributed by atoms with Gasteiger partial charge in [-0.2, -0.15) is 0 Å². The fraction of sp³-hybridized carbons (Fsp3) is 0.467. The molecule has 0 radical (unpaired) electrons. The summed E-state index contributed by atoms with van der Waals surface area (Å²) >= 11 is 0. The summed E-state index contributed by atoms with van der Waals surface area (Å²) in [7, 11) is 0. The number of hydrogen-bond acceptors (Lipinski definition) is 3. The normalized spacial score (nSPS) is 13.7. The highest BCUT2D eigenvalue weighted by Gasteiger charge is 2.21. The summed E-state index contributed by atoms with van der Waals surface area (Å²) in [5.41, 5.74) is 0.552. The second-order valence-corrected chi connectivity index (χ2v) is 5.07. The minimum absolute atomic E-state index is 0.370. The zero-order chi connectivity index (χ0) is 15.1. The number of carbonyl (C=O) groups is 2. The van der Waals surface area contributed by atoms with Gasteiger partial charge in [-0.15, -0.1) is 0 Å². The number of anilines is 1. The quantitative estimate of drug-likeness (QED) is 0.715. The van der Waals surface area contributed by atoms with E-state index in [1.165, 1.54) is 17.7 Å². The van der Waals surface area contributed by atoms with Crippen LogP contribution in [0.1, 0.15) is 12.8 Å². The second-order valence-electron chi connectivity index (χ2n) is 5.07.